The van der Waals surface area contributed by atoms with Crippen molar-refractivity contribution in [3.8, 4) is 0 Å². The summed E-state index contributed by atoms with van der Waals surface area (Å²) >= 11 is 0. The lowest BCUT2D eigenvalue weighted by molar-refractivity contribution is -0.129. The summed E-state index contributed by atoms with van der Waals surface area (Å²) in [5, 5.41) is 3.37. The first-order valence-electron chi connectivity index (χ1n) is 12.3. The number of alkyl halides is 2. The number of benzene rings is 1. The van der Waals surface area contributed by atoms with Crippen molar-refractivity contribution in [2.24, 2.45) is 0 Å². The van der Waals surface area contributed by atoms with Gasteiger partial charge in [-0.05, 0) is 60.9 Å². The Balaban J connectivity index is 1.59. The van der Waals surface area contributed by atoms with Crippen LogP contribution >= 0.6 is 0 Å². The molecule has 36 heavy (non-hydrogen) atoms. The number of nitrogens with zero attached hydrogens (tertiary/aromatic N) is 4. The molecule has 9 heteroatoms. The summed E-state index contributed by atoms with van der Waals surface area (Å²) < 4.78 is 28.8. The molecule has 188 valence electrons. The van der Waals surface area contributed by atoms with Crippen LogP contribution in [-0.2, 0) is 11.2 Å². The van der Waals surface area contributed by atoms with Gasteiger partial charge in [-0.3, -0.25) is 14.6 Å². The molecule has 0 bridgehead atoms. The summed E-state index contributed by atoms with van der Waals surface area (Å²) in [4.78, 5) is 37.0. The predicted molar refractivity (Wildman–Crippen MR) is 134 cm³/mol. The van der Waals surface area contributed by atoms with E-state index in [2.05, 4.69) is 15.3 Å². The van der Waals surface area contributed by atoms with Gasteiger partial charge in [-0.2, -0.15) is 0 Å². The molecule has 5 rings (SSSR count). The summed E-state index contributed by atoms with van der Waals surface area (Å²) in [5.41, 5.74) is 3.27. The van der Waals surface area contributed by atoms with Crippen molar-refractivity contribution in [1.82, 2.24) is 20.2 Å². The van der Waals surface area contributed by atoms with Crippen LogP contribution in [-0.4, -0.2) is 53.4 Å². The fourth-order valence-corrected chi connectivity index (χ4v) is 5.44. The van der Waals surface area contributed by atoms with Crippen LogP contribution in [0.1, 0.15) is 65.7 Å². The molecule has 4 heterocycles. The Kier molecular flexibility index (Phi) is 6.55. The van der Waals surface area contributed by atoms with E-state index < -0.39 is 6.43 Å². The van der Waals surface area contributed by atoms with E-state index in [-0.39, 0.29) is 29.0 Å². The van der Waals surface area contributed by atoms with E-state index in [1.165, 1.54) is 0 Å². The molecular weight excluding hydrogens is 464 g/mol. The van der Waals surface area contributed by atoms with Crippen molar-refractivity contribution >= 4 is 34.2 Å². The minimum atomic E-state index is -2.63. The number of fused-ring (bicyclic) bond motifs is 2. The SMILES string of the molecule is CNC(=O)c1cc2cccnc2c(N2CCCc3cc(C4CCN(C(C)=O)CC4)c(C(F)F)cc32)n1. The maximum absolute atomic E-state index is 14.4. The number of hydrogen-bond acceptors (Lipinski definition) is 5. The van der Waals surface area contributed by atoms with Gasteiger partial charge in [0.15, 0.2) is 5.82 Å². The molecule has 2 aliphatic rings. The van der Waals surface area contributed by atoms with Crippen LogP contribution in [0.2, 0.25) is 0 Å². The number of rotatable bonds is 4. The van der Waals surface area contributed by atoms with Gasteiger partial charge in [-0.15, -0.1) is 0 Å². The zero-order chi connectivity index (χ0) is 25.4. The third kappa shape index (κ3) is 4.38. The van der Waals surface area contributed by atoms with E-state index in [0.717, 1.165) is 23.8 Å². The second-order valence-corrected chi connectivity index (χ2v) is 9.43. The zero-order valence-corrected chi connectivity index (χ0v) is 20.4. The number of aromatic nitrogens is 2. The first-order chi connectivity index (χ1) is 17.4. The Bertz CT molecular complexity index is 1320. The van der Waals surface area contributed by atoms with Crippen LogP contribution < -0.4 is 10.2 Å². The number of carbonyl (C=O) groups excluding carboxylic acids is 2. The van der Waals surface area contributed by atoms with Gasteiger partial charge in [0.2, 0.25) is 5.91 Å². The molecule has 0 radical (unpaired) electrons. The third-order valence-corrected chi connectivity index (χ3v) is 7.30. The highest BCUT2D eigenvalue weighted by Gasteiger charge is 2.30. The molecule has 3 aromatic rings. The molecule has 2 aromatic heterocycles. The van der Waals surface area contributed by atoms with Crippen molar-refractivity contribution < 1.29 is 18.4 Å². The fourth-order valence-electron chi connectivity index (χ4n) is 5.44. The molecule has 0 atom stereocenters. The molecule has 0 saturated carbocycles. The molecule has 0 unspecified atom stereocenters. The van der Waals surface area contributed by atoms with Crippen LogP contribution in [0.5, 0.6) is 0 Å². The van der Waals surface area contributed by atoms with Crippen LogP contribution in [0.25, 0.3) is 10.9 Å². The number of anilines is 2. The van der Waals surface area contributed by atoms with Gasteiger partial charge in [-0.25, -0.2) is 13.8 Å². The number of piperidine rings is 1. The average molecular weight is 494 g/mol. The molecular formula is C27H29F2N5O2. The van der Waals surface area contributed by atoms with Gasteiger partial charge in [0.05, 0.1) is 0 Å². The lowest BCUT2D eigenvalue weighted by atomic mass is 9.83. The van der Waals surface area contributed by atoms with Gasteiger partial charge < -0.3 is 15.1 Å². The average Bonchev–Trinajstić information content (AvgIpc) is 2.90. The number of pyridine rings is 2. The van der Waals surface area contributed by atoms with Crippen molar-refractivity contribution in [2.45, 2.75) is 45.0 Å². The van der Waals surface area contributed by atoms with E-state index in [1.54, 1.807) is 43.3 Å². The van der Waals surface area contributed by atoms with Crippen molar-refractivity contribution in [1.29, 1.82) is 0 Å². The summed E-state index contributed by atoms with van der Waals surface area (Å²) in [7, 11) is 1.55. The van der Waals surface area contributed by atoms with E-state index in [1.807, 2.05) is 17.0 Å². The minimum Gasteiger partial charge on any atom is -0.354 e. The topological polar surface area (TPSA) is 78.4 Å². The number of aryl methyl sites for hydroxylation is 1. The lowest BCUT2D eigenvalue weighted by Gasteiger charge is -2.35. The second kappa shape index (κ2) is 9.79. The van der Waals surface area contributed by atoms with E-state index >= 15 is 0 Å². The molecule has 7 nitrogen and oxygen atoms in total. The predicted octanol–water partition coefficient (Wildman–Crippen LogP) is 4.74. The lowest BCUT2D eigenvalue weighted by Crippen LogP contribution is -2.36. The number of hydrogen-bond donors (Lipinski definition) is 1. The van der Waals surface area contributed by atoms with Gasteiger partial charge in [0, 0.05) is 56.4 Å². The van der Waals surface area contributed by atoms with Crippen LogP contribution in [0, 0.1) is 0 Å². The molecule has 0 aliphatic carbocycles. The van der Waals surface area contributed by atoms with Crippen LogP contribution in [0.3, 0.4) is 0 Å². The number of likely N-dealkylation sites (tertiary alicyclic amines) is 1. The molecule has 1 N–H and O–H groups in total. The highest BCUT2D eigenvalue weighted by Crippen LogP contribution is 2.43. The number of amides is 2. The summed E-state index contributed by atoms with van der Waals surface area (Å²) in [6, 6.07) is 8.90. The first-order valence-corrected chi connectivity index (χ1v) is 12.3. The Hall–Kier alpha value is -3.62. The largest absolute Gasteiger partial charge is 0.354 e. The van der Waals surface area contributed by atoms with Crippen LogP contribution in [0.15, 0.2) is 36.5 Å². The normalized spacial score (nSPS) is 16.4. The van der Waals surface area contributed by atoms with Crippen molar-refractivity contribution in [2.75, 3.05) is 31.6 Å². The summed E-state index contributed by atoms with van der Waals surface area (Å²) in [6.07, 6.45) is 1.98. The number of carbonyl (C=O) groups is 2. The maximum Gasteiger partial charge on any atom is 0.269 e. The Morgan fingerprint density at radius 2 is 1.92 bits per heavy atom. The fraction of sp³-hybridized carbons (Fsp3) is 0.407. The van der Waals surface area contributed by atoms with Gasteiger partial charge in [0.1, 0.15) is 11.2 Å². The maximum atomic E-state index is 14.4. The van der Waals surface area contributed by atoms with Crippen LogP contribution in [0.4, 0.5) is 20.3 Å². The smallest absolute Gasteiger partial charge is 0.269 e. The highest BCUT2D eigenvalue weighted by molar-refractivity contribution is 5.99. The molecule has 1 aromatic carbocycles. The first kappa shape index (κ1) is 24.1. The molecule has 1 saturated heterocycles. The quantitative estimate of drug-likeness (QED) is 0.568. The van der Waals surface area contributed by atoms with Gasteiger partial charge in [0.25, 0.3) is 12.3 Å². The molecule has 2 aliphatic heterocycles. The zero-order valence-electron chi connectivity index (χ0n) is 20.4. The molecule has 1 fully saturated rings. The highest BCUT2D eigenvalue weighted by atomic mass is 19.3. The van der Waals surface area contributed by atoms with Crippen molar-refractivity contribution in [3.63, 3.8) is 0 Å². The monoisotopic (exact) mass is 493 g/mol. The number of halogens is 2. The third-order valence-electron chi connectivity index (χ3n) is 7.30. The van der Waals surface area contributed by atoms with E-state index in [4.69, 9.17) is 0 Å². The minimum absolute atomic E-state index is 0.0116. The Labute approximate surface area is 208 Å². The summed E-state index contributed by atoms with van der Waals surface area (Å²) in [5.74, 6) is 0.188. The van der Waals surface area contributed by atoms with Gasteiger partial charge in [-0.1, -0.05) is 12.1 Å². The van der Waals surface area contributed by atoms with Crippen molar-refractivity contribution in [3.05, 3.63) is 58.9 Å². The molecule has 2 amide bonds. The van der Waals surface area contributed by atoms with Gasteiger partial charge >= 0.3 is 0 Å². The standard InChI is InChI=1S/C27H29F2N5O2/c1-16(35)33-11-7-17(8-12-33)20-13-18-6-4-10-34(23(18)15-21(20)25(28)29)26-24-19(5-3-9-31-24)14-22(32-26)27(36)30-2/h3,5,9,13-15,17,25H,4,6-8,10-12H2,1-2H3,(H,30,36). The van der Waals surface area contributed by atoms with E-state index in [9.17, 15) is 18.4 Å². The Morgan fingerprint density at radius 1 is 1.14 bits per heavy atom. The molecule has 0 spiro atoms. The Morgan fingerprint density at radius 3 is 2.61 bits per heavy atom. The number of nitrogens with one attached hydrogen (secondary N) is 1. The van der Waals surface area contributed by atoms with E-state index in [0.29, 0.717) is 55.1 Å². The second-order valence-electron chi connectivity index (χ2n) is 9.43. The summed E-state index contributed by atoms with van der Waals surface area (Å²) in [6.45, 7) is 3.30.